The smallest absolute Gasteiger partial charge is 0.309 e. The number of hydrogen-bond donors (Lipinski definition) is 0. The van der Waals surface area contributed by atoms with E-state index in [1.165, 1.54) is 30.3 Å². The summed E-state index contributed by atoms with van der Waals surface area (Å²) in [6.45, 7) is 1.70. The Morgan fingerprint density at radius 3 is 2.53 bits per heavy atom. The highest BCUT2D eigenvalue weighted by Crippen LogP contribution is 2.19. The van der Waals surface area contributed by atoms with Crippen LogP contribution in [0.3, 0.4) is 0 Å². The van der Waals surface area contributed by atoms with Crippen molar-refractivity contribution in [2.45, 2.75) is 19.8 Å². The fourth-order valence-corrected chi connectivity index (χ4v) is 2.27. The van der Waals surface area contributed by atoms with Crippen molar-refractivity contribution in [3.8, 4) is 17.6 Å². The SMILES string of the molecule is CC#CCCCS(=O)(=O)Oc1ccc(N=C=O)cc1. The normalized spacial score (nSPS) is 9.95. The molecule has 1 aromatic carbocycles. The maximum atomic E-state index is 11.6. The van der Waals surface area contributed by atoms with Crippen molar-refractivity contribution < 1.29 is 17.4 Å². The summed E-state index contributed by atoms with van der Waals surface area (Å²) in [6.07, 6.45) is 2.34. The van der Waals surface area contributed by atoms with Crippen LogP contribution in [0, 0.1) is 11.8 Å². The Hall–Kier alpha value is -2.09. The maximum Gasteiger partial charge on any atom is 0.309 e. The number of nitrogens with zero attached hydrogens (tertiary/aromatic N) is 1. The summed E-state index contributed by atoms with van der Waals surface area (Å²) in [7, 11) is -3.62. The van der Waals surface area contributed by atoms with Gasteiger partial charge >= 0.3 is 10.1 Å². The van der Waals surface area contributed by atoms with Gasteiger partial charge in [-0.15, -0.1) is 11.8 Å². The topological polar surface area (TPSA) is 72.8 Å². The molecular weight excluding hydrogens is 266 g/mol. The minimum Gasteiger partial charge on any atom is -0.382 e. The van der Waals surface area contributed by atoms with E-state index in [1.807, 2.05) is 0 Å². The molecule has 100 valence electrons. The molecule has 0 fully saturated rings. The highest BCUT2D eigenvalue weighted by Gasteiger charge is 2.11. The van der Waals surface area contributed by atoms with Crippen molar-refractivity contribution in [2.75, 3.05) is 5.75 Å². The van der Waals surface area contributed by atoms with Gasteiger partial charge in [-0.05, 0) is 37.6 Å². The van der Waals surface area contributed by atoms with Gasteiger partial charge < -0.3 is 4.18 Å². The van der Waals surface area contributed by atoms with Gasteiger partial charge in [-0.25, -0.2) is 4.79 Å². The van der Waals surface area contributed by atoms with E-state index in [0.717, 1.165) is 0 Å². The van der Waals surface area contributed by atoms with E-state index in [1.54, 1.807) is 6.92 Å². The van der Waals surface area contributed by atoms with Crippen LogP contribution in [0.15, 0.2) is 29.3 Å². The summed E-state index contributed by atoms with van der Waals surface area (Å²) in [5, 5.41) is 0. The van der Waals surface area contributed by atoms with Crippen LogP contribution in [-0.4, -0.2) is 20.3 Å². The molecular formula is C13H13NO4S. The Balaban J connectivity index is 2.61. The van der Waals surface area contributed by atoms with Crippen LogP contribution in [0.5, 0.6) is 5.75 Å². The van der Waals surface area contributed by atoms with Crippen molar-refractivity contribution in [2.24, 2.45) is 4.99 Å². The Morgan fingerprint density at radius 2 is 1.95 bits per heavy atom. The Morgan fingerprint density at radius 1 is 1.26 bits per heavy atom. The van der Waals surface area contributed by atoms with Crippen LogP contribution in [0.25, 0.3) is 0 Å². The number of rotatable bonds is 6. The molecule has 0 saturated carbocycles. The van der Waals surface area contributed by atoms with Gasteiger partial charge in [0.1, 0.15) is 5.75 Å². The van der Waals surface area contributed by atoms with Gasteiger partial charge in [-0.2, -0.15) is 13.4 Å². The molecule has 1 aromatic rings. The third-order valence-corrected chi connectivity index (χ3v) is 3.34. The van der Waals surface area contributed by atoms with Gasteiger partial charge in [0.05, 0.1) is 11.4 Å². The summed E-state index contributed by atoms with van der Waals surface area (Å²) in [4.78, 5) is 13.4. The standard InChI is InChI=1S/C13H13NO4S/c1-2-3-4-5-10-19(16,17)18-13-8-6-12(7-9-13)14-11-15/h6-9H,4-5,10H2,1H3. The van der Waals surface area contributed by atoms with Crippen molar-refractivity contribution >= 4 is 21.9 Å². The zero-order valence-electron chi connectivity index (χ0n) is 10.4. The second-order valence-corrected chi connectivity index (χ2v) is 5.26. The van der Waals surface area contributed by atoms with E-state index in [-0.39, 0.29) is 11.5 Å². The average Bonchev–Trinajstić information content (AvgIpc) is 2.37. The lowest BCUT2D eigenvalue weighted by atomic mass is 10.3. The fraction of sp³-hybridized carbons (Fsp3) is 0.308. The van der Waals surface area contributed by atoms with Crippen molar-refractivity contribution in [3.63, 3.8) is 0 Å². The van der Waals surface area contributed by atoms with Gasteiger partial charge in [0, 0.05) is 6.42 Å². The maximum absolute atomic E-state index is 11.6. The van der Waals surface area contributed by atoms with Gasteiger partial charge in [-0.1, -0.05) is 0 Å². The van der Waals surface area contributed by atoms with Gasteiger partial charge in [0.25, 0.3) is 0 Å². The van der Waals surface area contributed by atoms with Crippen LogP contribution >= 0.6 is 0 Å². The third-order valence-electron chi connectivity index (χ3n) is 2.11. The van der Waals surface area contributed by atoms with E-state index >= 15 is 0 Å². The molecule has 0 bridgehead atoms. The second-order valence-electron chi connectivity index (χ2n) is 3.57. The Labute approximate surface area is 112 Å². The molecule has 0 unspecified atom stereocenters. The number of benzene rings is 1. The minimum absolute atomic E-state index is 0.0874. The highest BCUT2D eigenvalue weighted by molar-refractivity contribution is 7.87. The first-order chi connectivity index (χ1) is 9.07. The monoisotopic (exact) mass is 279 g/mol. The number of unbranched alkanes of at least 4 members (excludes halogenated alkanes) is 1. The van der Waals surface area contributed by atoms with E-state index in [2.05, 4.69) is 16.8 Å². The predicted octanol–water partition coefficient (Wildman–Crippen LogP) is 2.17. The average molecular weight is 279 g/mol. The molecule has 0 aliphatic heterocycles. The molecule has 0 amide bonds. The summed E-state index contributed by atoms with van der Waals surface area (Å²) in [5.41, 5.74) is 0.387. The lowest BCUT2D eigenvalue weighted by molar-refractivity contribution is 0.484. The molecule has 1 rings (SSSR count). The van der Waals surface area contributed by atoms with E-state index in [4.69, 9.17) is 4.18 Å². The van der Waals surface area contributed by atoms with E-state index in [0.29, 0.717) is 18.5 Å². The summed E-state index contributed by atoms with van der Waals surface area (Å²) in [5.74, 6) is 5.58. The first-order valence-electron chi connectivity index (χ1n) is 5.57. The molecule has 0 atom stereocenters. The zero-order chi connectivity index (χ0) is 14.1. The van der Waals surface area contributed by atoms with Crippen molar-refractivity contribution in [1.82, 2.24) is 0 Å². The molecule has 0 spiro atoms. The summed E-state index contributed by atoms with van der Waals surface area (Å²) < 4.78 is 28.1. The number of hydrogen-bond acceptors (Lipinski definition) is 5. The van der Waals surface area contributed by atoms with E-state index < -0.39 is 10.1 Å². The first kappa shape index (κ1) is 15.0. The Bertz CT molecular complexity index is 617. The molecule has 0 aliphatic rings. The van der Waals surface area contributed by atoms with Gasteiger partial charge in [0.15, 0.2) is 0 Å². The predicted molar refractivity (Wildman–Crippen MR) is 71.3 cm³/mol. The van der Waals surface area contributed by atoms with Crippen LogP contribution in [-0.2, 0) is 14.9 Å². The lowest BCUT2D eigenvalue weighted by Crippen LogP contribution is -2.13. The zero-order valence-corrected chi connectivity index (χ0v) is 11.2. The van der Waals surface area contributed by atoms with E-state index in [9.17, 15) is 13.2 Å². The van der Waals surface area contributed by atoms with Crippen molar-refractivity contribution in [1.29, 1.82) is 0 Å². The van der Waals surface area contributed by atoms with Crippen LogP contribution in [0.2, 0.25) is 0 Å². The number of isocyanates is 1. The highest BCUT2D eigenvalue weighted by atomic mass is 32.2. The molecule has 0 radical (unpaired) electrons. The van der Waals surface area contributed by atoms with Crippen LogP contribution < -0.4 is 4.18 Å². The molecule has 19 heavy (non-hydrogen) atoms. The third kappa shape index (κ3) is 5.87. The Kier molecular flexibility index (Phi) is 5.80. The van der Waals surface area contributed by atoms with Crippen molar-refractivity contribution in [3.05, 3.63) is 24.3 Å². The largest absolute Gasteiger partial charge is 0.382 e. The van der Waals surface area contributed by atoms with Crippen LogP contribution in [0.4, 0.5) is 5.69 Å². The molecule has 0 aliphatic carbocycles. The fourth-order valence-electron chi connectivity index (χ4n) is 1.28. The van der Waals surface area contributed by atoms with Gasteiger partial charge in [0.2, 0.25) is 6.08 Å². The molecule has 0 aromatic heterocycles. The molecule has 6 heteroatoms. The molecule has 0 heterocycles. The number of aliphatic imine (C=N–C) groups is 1. The van der Waals surface area contributed by atoms with Gasteiger partial charge in [-0.3, -0.25) is 0 Å². The first-order valence-corrected chi connectivity index (χ1v) is 7.15. The minimum atomic E-state index is -3.62. The quantitative estimate of drug-likeness (QED) is 0.263. The summed E-state index contributed by atoms with van der Waals surface area (Å²) in [6, 6.07) is 5.80. The molecule has 0 saturated heterocycles. The van der Waals surface area contributed by atoms with Crippen LogP contribution in [0.1, 0.15) is 19.8 Å². The lowest BCUT2D eigenvalue weighted by Gasteiger charge is -2.05. The molecule has 0 N–H and O–H groups in total. The molecule has 5 nitrogen and oxygen atoms in total. The summed E-state index contributed by atoms with van der Waals surface area (Å²) >= 11 is 0. The second kappa shape index (κ2) is 7.37. The number of carbonyl (C=O) groups excluding carboxylic acids is 1.